The van der Waals surface area contributed by atoms with Gasteiger partial charge >= 0.3 is 5.97 Å². The van der Waals surface area contributed by atoms with Crippen LogP contribution in [0.3, 0.4) is 0 Å². The first kappa shape index (κ1) is 15.3. The standard InChI is InChI=1S/C15H20N2O4/c1-9(2)15(5-6-16-8-15)14(21)17-10-3-4-12(18)11(7-10)13(19)20/h3-4,7,9,16,18H,5-6,8H2,1-2H3,(H,17,21)(H,19,20). The van der Waals surface area contributed by atoms with Gasteiger partial charge in [0.25, 0.3) is 0 Å². The number of rotatable bonds is 4. The van der Waals surface area contributed by atoms with Crippen molar-refractivity contribution in [1.82, 2.24) is 5.32 Å². The van der Waals surface area contributed by atoms with Crippen molar-refractivity contribution in [3.05, 3.63) is 23.8 Å². The molecule has 0 radical (unpaired) electrons. The number of anilines is 1. The summed E-state index contributed by atoms with van der Waals surface area (Å²) >= 11 is 0. The fraction of sp³-hybridized carbons (Fsp3) is 0.467. The van der Waals surface area contributed by atoms with Gasteiger partial charge in [-0.25, -0.2) is 4.79 Å². The van der Waals surface area contributed by atoms with Gasteiger partial charge in [0.1, 0.15) is 11.3 Å². The molecular weight excluding hydrogens is 272 g/mol. The Hall–Kier alpha value is -2.08. The molecule has 1 heterocycles. The summed E-state index contributed by atoms with van der Waals surface area (Å²) in [4.78, 5) is 23.6. The van der Waals surface area contributed by atoms with Crippen LogP contribution in [0.15, 0.2) is 18.2 Å². The number of nitrogens with one attached hydrogen (secondary N) is 2. The second-order valence-corrected chi connectivity index (χ2v) is 5.73. The van der Waals surface area contributed by atoms with E-state index in [4.69, 9.17) is 5.11 Å². The number of carboxylic acid groups (broad SMARTS) is 1. The minimum absolute atomic E-state index is 0.121. The lowest BCUT2D eigenvalue weighted by atomic mass is 9.75. The van der Waals surface area contributed by atoms with E-state index in [9.17, 15) is 14.7 Å². The average Bonchev–Trinajstić information content (AvgIpc) is 2.91. The van der Waals surface area contributed by atoms with E-state index in [1.54, 1.807) is 0 Å². The van der Waals surface area contributed by atoms with Crippen LogP contribution >= 0.6 is 0 Å². The summed E-state index contributed by atoms with van der Waals surface area (Å²) in [5.74, 6) is -1.50. The summed E-state index contributed by atoms with van der Waals surface area (Å²) < 4.78 is 0. The first-order valence-electron chi connectivity index (χ1n) is 6.95. The van der Waals surface area contributed by atoms with Gasteiger partial charge in [-0.15, -0.1) is 0 Å². The maximum Gasteiger partial charge on any atom is 0.339 e. The van der Waals surface area contributed by atoms with E-state index in [2.05, 4.69) is 10.6 Å². The van der Waals surface area contributed by atoms with Crippen molar-refractivity contribution < 1.29 is 19.8 Å². The number of carbonyl (C=O) groups excluding carboxylic acids is 1. The number of aromatic hydroxyl groups is 1. The molecule has 1 aliphatic heterocycles. The van der Waals surface area contributed by atoms with Crippen LogP contribution in [-0.4, -0.2) is 35.2 Å². The highest BCUT2D eigenvalue weighted by Gasteiger charge is 2.43. The molecule has 1 atom stereocenters. The summed E-state index contributed by atoms with van der Waals surface area (Å²) in [5, 5.41) is 24.5. The van der Waals surface area contributed by atoms with E-state index < -0.39 is 11.4 Å². The van der Waals surface area contributed by atoms with E-state index in [1.165, 1.54) is 18.2 Å². The van der Waals surface area contributed by atoms with Crippen molar-refractivity contribution in [1.29, 1.82) is 0 Å². The summed E-state index contributed by atoms with van der Waals surface area (Å²) in [6.07, 6.45) is 0.750. The lowest BCUT2D eigenvalue weighted by Gasteiger charge is -2.31. The van der Waals surface area contributed by atoms with Gasteiger partial charge in [-0.1, -0.05) is 13.8 Å². The number of hydrogen-bond acceptors (Lipinski definition) is 4. The van der Waals surface area contributed by atoms with Crippen LogP contribution < -0.4 is 10.6 Å². The number of amides is 1. The molecule has 2 rings (SSSR count). The van der Waals surface area contributed by atoms with E-state index in [1.807, 2.05) is 13.8 Å². The van der Waals surface area contributed by atoms with Crippen molar-refractivity contribution in [3.8, 4) is 5.75 Å². The molecule has 114 valence electrons. The van der Waals surface area contributed by atoms with Gasteiger partial charge < -0.3 is 20.8 Å². The Kier molecular flexibility index (Phi) is 4.18. The molecule has 1 fully saturated rings. The summed E-state index contributed by atoms with van der Waals surface area (Å²) in [5.41, 5.74) is -0.334. The van der Waals surface area contributed by atoms with Crippen LogP contribution in [0, 0.1) is 11.3 Å². The third kappa shape index (κ3) is 2.85. The van der Waals surface area contributed by atoms with E-state index in [0.29, 0.717) is 12.2 Å². The first-order valence-corrected chi connectivity index (χ1v) is 6.95. The normalized spacial score (nSPS) is 21.5. The van der Waals surface area contributed by atoms with Gasteiger partial charge in [-0.05, 0) is 37.1 Å². The van der Waals surface area contributed by atoms with Crippen molar-refractivity contribution >= 4 is 17.6 Å². The minimum Gasteiger partial charge on any atom is -0.507 e. The molecule has 0 aromatic heterocycles. The number of benzene rings is 1. The van der Waals surface area contributed by atoms with Gasteiger partial charge in [0.15, 0.2) is 0 Å². The number of hydrogen-bond donors (Lipinski definition) is 4. The smallest absolute Gasteiger partial charge is 0.339 e. The third-order valence-corrected chi connectivity index (χ3v) is 4.23. The SMILES string of the molecule is CC(C)C1(C(=O)Nc2ccc(O)c(C(=O)O)c2)CCNC1. The quantitative estimate of drug-likeness (QED) is 0.633. The maximum absolute atomic E-state index is 12.6. The van der Waals surface area contributed by atoms with Crippen molar-refractivity contribution in [2.75, 3.05) is 18.4 Å². The number of carboxylic acids is 1. The molecule has 6 heteroatoms. The highest BCUT2D eigenvalue weighted by molar-refractivity contribution is 5.98. The lowest BCUT2D eigenvalue weighted by Crippen LogP contribution is -2.42. The van der Waals surface area contributed by atoms with Crippen molar-refractivity contribution in [2.24, 2.45) is 11.3 Å². The molecule has 1 aliphatic rings. The Morgan fingerprint density at radius 3 is 2.62 bits per heavy atom. The van der Waals surface area contributed by atoms with E-state index in [0.717, 1.165) is 13.0 Å². The van der Waals surface area contributed by atoms with Crippen molar-refractivity contribution in [3.63, 3.8) is 0 Å². The van der Waals surface area contributed by atoms with Gasteiger partial charge in [0, 0.05) is 12.2 Å². The monoisotopic (exact) mass is 292 g/mol. The van der Waals surface area contributed by atoms with E-state index >= 15 is 0 Å². The summed E-state index contributed by atoms with van der Waals surface area (Å²) in [6, 6.07) is 4.04. The highest BCUT2D eigenvalue weighted by atomic mass is 16.4. The van der Waals surface area contributed by atoms with Crippen LogP contribution in [-0.2, 0) is 4.79 Å². The predicted octanol–water partition coefficient (Wildman–Crippen LogP) is 1.66. The number of carbonyl (C=O) groups is 2. The van der Waals surface area contributed by atoms with Crippen LogP contribution in [0.1, 0.15) is 30.6 Å². The Labute approximate surface area is 123 Å². The van der Waals surface area contributed by atoms with Crippen LogP contribution in [0.2, 0.25) is 0 Å². The van der Waals surface area contributed by atoms with Crippen LogP contribution in [0.4, 0.5) is 5.69 Å². The van der Waals surface area contributed by atoms with Gasteiger partial charge in [0.05, 0.1) is 5.41 Å². The Balaban J connectivity index is 2.23. The fourth-order valence-electron chi connectivity index (χ4n) is 2.70. The predicted molar refractivity (Wildman–Crippen MR) is 78.5 cm³/mol. The molecule has 21 heavy (non-hydrogen) atoms. The molecule has 1 aromatic carbocycles. The zero-order chi connectivity index (χ0) is 15.6. The Morgan fingerprint density at radius 1 is 1.38 bits per heavy atom. The molecule has 6 nitrogen and oxygen atoms in total. The fourth-order valence-corrected chi connectivity index (χ4v) is 2.70. The molecule has 0 bridgehead atoms. The molecule has 1 amide bonds. The van der Waals surface area contributed by atoms with Crippen LogP contribution in [0.25, 0.3) is 0 Å². The average molecular weight is 292 g/mol. The van der Waals surface area contributed by atoms with Gasteiger partial charge in [-0.2, -0.15) is 0 Å². The molecule has 0 saturated carbocycles. The Morgan fingerprint density at radius 2 is 2.10 bits per heavy atom. The highest BCUT2D eigenvalue weighted by Crippen LogP contribution is 2.35. The maximum atomic E-state index is 12.6. The summed E-state index contributed by atoms with van der Waals surface area (Å²) in [6.45, 7) is 5.42. The molecule has 0 aliphatic carbocycles. The molecule has 4 N–H and O–H groups in total. The van der Waals surface area contributed by atoms with Gasteiger partial charge in [0.2, 0.25) is 5.91 Å². The van der Waals surface area contributed by atoms with Crippen LogP contribution in [0.5, 0.6) is 5.75 Å². The molecular formula is C15H20N2O4. The van der Waals surface area contributed by atoms with Crippen molar-refractivity contribution in [2.45, 2.75) is 20.3 Å². The number of aromatic carboxylic acids is 1. The Bertz CT molecular complexity index is 563. The zero-order valence-corrected chi connectivity index (χ0v) is 12.1. The molecule has 0 spiro atoms. The number of phenols is 1. The van der Waals surface area contributed by atoms with E-state index in [-0.39, 0.29) is 23.1 Å². The second-order valence-electron chi connectivity index (χ2n) is 5.73. The lowest BCUT2D eigenvalue weighted by molar-refractivity contribution is -0.126. The first-order chi connectivity index (χ1) is 9.86. The topological polar surface area (TPSA) is 98.7 Å². The molecule has 1 unspecified atom stereocenters. The second kappa shape index (κ2) is 5.73. The zero-order valence-electron chi connectivity index (χ0n) is 12.1. The largest absolute Gasteiger partial charge is 0.507 e. The summed E-state index contributed by atoms with van der Waals surface area (Å²) in [7, 11) is 0. The third-order valence-electron chi connectivity index (χ3n) is 4.23. The minimum atomic E-state index is -1.23. The molecule has 1 saturated heterocycles. The van der Waals surface area contributed by atoms with Gasteiger partial charge in [-0.3, -0.25) is 4.79 Å². The molecule has 1 aromatic rings.